The number of aromatic carboxylic acids is 1. The van der Waals surface area contributed by atoms with Gasteiger partial charge < -0.3 is 10.0 Å². The molecule has 0 saturated heterocycles. The van der Waals surface area contributed by atoms with Crippen molar-refractivity contribution in [3.05, 3.63) is 59.2 Å². The highest BCUT2D eigenvalue weighted by Crippen LogP contribution is 2.28. The topological polar surface area (TPSA) is 40.5 Å². The maximum atomic E-state index is 11.3. The van der Waals surface area contributed by atoms with Crippen molar-refractivity contribution in [2.75, 3.05) is 11.9 Å². The third kappa shape index (κ3) is 2.76. The van der Waals surface area contributed by atoms with Crippen molar-refractivity contribution in [3.63, 3.8) is 0 Å². The maximum Gasteiger partial charge on any atom is 0.337 e. The van der Waals surface area contributed by atoms with Gasteiger partial charge in [0.2, 0.25) is 0 Å². The average Bonchev–Trinajstić information content (AvgIpc) is 2.38. The lowest BCUT2D eigenvalue weighted by molar-refractivity contribution is 0.0697. The summed E-state index contributed by atoms with van der Waals surface area (Å²) in [6.07, 6.45) is 0. The molecule has 2 aromatic rings. The zero-order valence-electron chi connectivity index (χ0n) is 11.3. The Kier molecular flexibility index (Phi) is 3.56. The molecule has 2 aromatic carbocycles. The number of carboxylic acid groups (broad SMARTS) is 1. The molecule has 0 aliphatic carbocycles. The number of carboxylic acids is 1. The molecule has 3 nitrogen and oxygen atoms in total. The van der Waals surface area contributed by atoms with Gasteiger partial charge in [0.15, 0.2) is 0 Å². The van der Waals surface area contributed by atoms with Crippen LogP contribution in [0.2, 0.25) is 0 Å². The molecule has 0 amide bonds. The Morgan fingerprint density at radius 2 is 1.58 bits per heavy atom. The molecule has 0 atom stereocenters. The summed E-state index contributed by atoms with van der Waals surface area (Å²) in [5, 5.41) is 9.30. The maximum absolute atomic E-state index is 11.3. The highest BCUT2D eigenvalue weighted by Gasteiger charge is 2.14. The summed E-state index contributed by atoms with van der Waals surface area (Å²) in [4.78, 5) is 13.2. The van der Waals surface area contributed by atoms with E-state index in [0.717, 1.165) is 11.3 Å². The van der Waals surface area contributed by atoms with Crippen LogP contribution in [0.25, 0.3) is 0 Å². The van der Waals surface area contributed by atoms with Crippen molar-refractivity contribution in [1.82, 2.24) is 0 Å². The van der Waals surface area contributed by atoms with Crippen LogP contribution in [0.4, 0.5) is 11.4 Å². The van der Waals surface area contributed by atoms with Crippen molar-refractivity contribution in [2.45, 2.75) is 13.8 Å². The van der Waals surface area contributed by atoms with Gasteiger partial charge in [0, 0.05) is 12.7 Å². The Hall–Kier alpha value is -2.29. The number of nitrogens with zero attached hydrogens (tertiary/aromatic N) is 1. The van der Waals surface area contributed by atoms with E-state index in [0.29, 0.717) is 11.3 Å². The lowest BCUT2D eigenvalue weighted by Crippen LogP contribution is -2.14. The predicted octanol–water partition coefficient (Wildman–Crippen LogP) is 3.77. The summed E-state index contributed by atoms with van der Waals surface area (Å²) in [5.41, 5.74) is 4.11. The van der Waals surface area contributed by atoms with E-state index >= 15 is 0 Å². The molecule has 0 fully saturated rings. The minimum Gasteiger partial charge on any atom is -0.478 e. The van der Waals surface area contributed by atoms with Crippen molar-refractivity contribution >= 4 is 17.3 Å². The van der Waals surface area contributed by atoms with Crippen LogP contribution in [0, 0.1) is 13.8 Å². The molecule has 0 aliphatic heterocycles. The van der Waals surface area contributed by atoms with Crippen LogP contribution in [0.5, 0.6) is 0 Å². The largest absolute Gasteiger partial charge is 0.478 e. The van der Waals surface area contributed by atoms with Crippen LogP contribution in [-0.2, 0) is 0 Å². The number of carbonyl (C=O) groups is 1. The van der Waals surface area contributed by atoms with Gasteiger partial charge in [0.25, 0.3) is 0 Å². The highest BCUT2D eigenvalue weighted by molar-refractivity contribution is 5.95. The quantitative estimate of drug-likeness (QED) is 0.907. The SMILES string of the molecule is Cc1ccc(N(C)c2ccc(C)cc2C(=O)O)cc1. The van der Waals surface area contributed by atoms with Crippen molar-refractivity contribution in [1.29, 1.82) is 0 Å². The molecular weight excluding hydrogens is 238 g/mol. The molecule has 0 aromatic heterocycles. The van der Waals surface area contributed by atoms with E-state index < -0.39 is 5.97 Å². The summed E-state index contributed by atoms with van der Waals surface area (Å²) in [7, 11) is 1.88. The first kappa shape index (κ1) is 13.1. The Balaban J connectivity index is 2.46. The summed E-state index contributed by atoms with van der Waals surface area (Å²) in [5.74, 6) is -0.905. The molecule has 19 heavy (non-hydrogen) atoms. The van der Waals surface area contributed by atoms with Crippen LogP contribution in [0.1, 0.15) is 21.5 Å². The van der Waals surface area contributed by atoms with Gasteiger partial charge in [0.05, 0.1) is 11.3 Å². The molecule has 0 heterocycles. The number of hydrogen-bond acceptors (Lipinski definition) is 2. The molecule has 0 saturated carbocycles. The molecule has 3 heteroatoms. The summed E-state index contributed by atoms with van der Waals surface area (Å²) in [6.45, 7) is 3.92. The van der Waals surface area contributed by atoms with Gasteiger partial charge in [-0.3, -0.25) is 0 Å². The zero-order chi connectivity index (χ0) is 14.0. The zero-order valence-corrected chi connectivity index (χ0v) is 11.3. The Morgan fingerprint density at radius 3 is 2.16 bits per heavy atom. The molecule has 2 rings (SSSR count). The molecule has 1 N–H and O–H groups in total. The second-order valence-corrected chi connectivity index (χ2v) is 4.72. The Bertz CT molecular complexity index is 603. The second-order valence-electron chi connectivity index (χ2n) is 4.72. The third-order valence-electron chi connectivity index (χ3n) is 3.17. The van der Waals surface area contributed by atoms with E-state index in [1.165, 1.54) is 5.56 Å². The van der Waals surface area contributed by atoms with Gasteiger partial charge >= 0.3 is 5.97 Å². The molecular formula is C16H17NO2. The van der Waals surface area contributed by atoms with E-state index in [1.807, 2.05) is 62.2 Å². The van der Waals surface area contributed by atoms with E-state index in [9.17, 15) is 9.90 Å². The van der Waals surface area contributed by atoms with Gasteiger partial charge in [0.1, 0.15) is 0 Å². The standard InChI is InChI=1S/C16H17NO2/c1-11-4-7-13(8-5-11)17(3)15-9-6-12(2)10-14(15)16(18)19/h4-10H,1-3H3,(H,18,19). The van der Waals surface area contributed by atoms with E-state index in [2.05, 4.69) is 0 Å². The first-order chi connectivity index (χ1) is 8.99. The van der Waals surface area contributed by atoms with Crippen LogP contribution in [0.3, 0.4) is 0 Å². The average molecular weight is 255 g/mol. The monoisotopic (exact) mass is 255 g/mol. The number of anilines is 2. The molecule has 0 unspecified atom stereocenters. The van der Waals surface area contributed by atoms with E-state index in [1.54, 1.807) is 6.07 Å². The lowest BCUT2D eigenvalue weighted by Gasteiger charge is -2.22. The van der Waals surface area contributed by atoms with Gasteiger partial charge in [-0.15, -0.1) is 0 Å². The molecule has 98 valence electrons. The number of aryl methyl sites for hydroxylation is 2. The lowest BCUT2D eigenvalue weighted by atomic mass is 10.1. The minimum absolute atomic E-state index is 0.322. The summed E-state index contributed by atoms with van der Waals surface area (Å²) >= 11 is 0. The number of benzene rings is 2. The van der Waals surface area contributed by atoms with Crippen molar-refractivity contribution < 1.29 is 9.90 Å². The summed E-state index contributed by atoms with van der Waals surface area (Å²) in [6, 6.07) is 13.5. The first-order valence-corrected chi connectivity index (χ1v) is 6.13. The van der Waals surface area contributed by atoms with Crippen LogP contribution in [0.15, 0.2) is 42.5 Å². The van der Waals surface area contributed by atoms with Crippen LogP contribution < -0.4 is 4.90 Å². The Labute approximate surface area is 113 Å². The summed E-state index contributed by atoms with van der Waals surface area (Å²) < 4.78 is 0. The second kappa shape index (κ2) is 5.14. The van der Waals surface area contributed by atoms with E-state index in [4.69, 9.17) is 0 Å². The van der Waals surface area contributed by atoms with Crippen LogP contribution >= 0.6 is 0 Å². The fourth-order valence-corrected chi connectivity index (χ4v) is 2.02. The fraction of sp³-hybridized carbons (Fsp3) is 0.188. The predicted molar refractivity (Wildman–Crippen MR) is 77.4 cm³/mol. The highest BCUT2D eigenvalue weighted by atomic mass is 16.4. The molecule has 0 spiro atoms. The van der Waals surface area contributed by atoms with Crippen molar-refractivity contribution in [3.8, 4) is 0 Å². The van der Waals surface area contributed by atoms with Gasteiger partial charge in [-0.2, -0.15) is 0 Å². The third-order valence-corrected chi connectivity index (χ3v) is 3.17. The molecule has 0 bridgehead atoms. The molecule has 0 aliphatic rings. The normalized spacial score (nSPS) is 10.3. The van der Waals surface area contributed by atoms with Crippen LogP contribution in [-0.4, -0.2) is 18.1 Å². The molecule has 0 radical (unpaired) electrons. The number of rotatable bonds is 3. The minimum atomic E-state index is -0.905. The Morgan fingerprint density at radius 1 is 1.00 bits per heavy atom. The van der Waals surface area contributed by atoms with Crippen molar-refractivity contribution in [2.24, 2.45) is 0 Å². The van der Waals surface area contributed by atoms with E-state index in [-0.39, 0.29) is 0 Å². The fourth-order valence-electron chi connectivity index (χ4n) is 2.02. The number of hydrogen-bond donors (Lipinski definition) is 1. The van der Waals surface area contributed by atoms with Gasteiger partial charge in [-0.1, -0.05) is 29.3 Å². The van der Waals surface area contributed by atoms with Gasteiger partial charge in [-0.05, 0) is 38.1 Å². The first-order valence-electron chi connectivity index (χ1n) is 6.13. The van der Waals surface area contributed by atoms with Gasteiger partial charge in [-0.25, -0.2) is 4.79 Å². The smallest absolute Gasteiger partial charge is 0.337 e.